The van der Waals surface area contributed by atoms with Gasteiger partial charge in [-0.1, -0.05) is 18.5 Å². The van der Waals surface area contributed by atoms with Crippen LogP contribution in [0.25, 0.3) is 0 Å². The molecule has 3 amide bonds. The Labute approximate surface area is 240 Å². The predicted octanol–water partition coefficient (Wildman–Crippen LogP) is 4.66. The molecule has 3 aromatic rings. The highest BCUT2D eigenvalue weighted by Gasteiger charge is 2.31. The van der Waals surface area contributed by atoms with E-state index in [-0.39, 0.29) is 37.0 Å². The van der Waals surface area contributed by atoms with Gasteiger partial charge in [0.2, 0.25) is 5.91 Å². The van der Waals surface area contributed by atoms with Gasteiger partial charge in [0.25, 0.3) is 0 Å². The van der Waals surface area contributed by atoms with Gasteiger partial charge in [-0.2, -0.15) is 0 Å². The molecular formula is C30H36ClN5O4. The largest absolute Gasteiger partial charge is 0.488 e. The van der Waals surface area contributed by atoms with Gasteiger partial charge in [-0.3, -0.25) is 14.7 Å². The van der Waals surface area contributed by atoms with E-state index < -0.39 is 6.03 Å². The molecule has 2 heterocycles. The lowest BCUT2D eigenvalue weighted by molar-refractivity contribution is -0.134. The van der Waals surface area contributed by atoms with Crippen LogP contribution in [0.5, 0.6) is 5.75 Å². The quantitative estimate of drug-likeness (QED) is 0.367. The molecule has 10 heteroatoms. The molecule has 0 aliphatic carbocycles. The summed E-state index contributed by atoms with van der Waals surface area (Å²) in [6, 6.07) is 15.4. The number of carbonyl (C=O) groups is 2. The molecule has 0 spiro atoms. The zero-order valence-corrected chi connectivity index (χ0v) is 23.8. The average Bonchev–Trinajstić information content (AvgIpc) is 2.97. The Morgan fingerprint density at radius 3 is 2.52 bits per heavy atom. The Morgan fingerprint density at radius 1 is 1.15 bits per heavy atom. The van der Waals surface area contributed by atoms with Crippen LogP contribution in [0.2, 0.25) is 5.02 Å². The van der Waals surface area contributed by atoms with Gasteiger partial charge in [0.1, 0.15) is 11.9 Å². The highest BCUT2D eigenvalue weighted by molar-refractivity contribution is 6.30. The lowest BCUT2D eigenvalue weighted by atomic mass is 10.0. The van der Waals surface area contributed by atoms with E-state index in [2.05, 4.69) is 27.4 Å². The molecule has 40 heavy (non-hydrogen) atoms. The van der Waals surface area contributed by atoms with E-state index in [9.17, 15) is 14.7 Å². The van der Waals surface area contributed by atoms with Crippen molar-refractivity contribution in [2.75, 3.05) is 37.4 Å². The van der Waals surface area contributed by atoms with Crippen molar-refractivity contribution in [3.8, 4) is 5.75 Å². The maximum Gasteiger partial charge on any atom is 0.323 e. The third-order valence-corrected chi connectivity index (χ3v) is 7.22. The van der Waals surface area contributed by atoms with E-state index in [1.165, 1.54) is 0 Å². The third-order valence-electron chi connectivity index (χ3n) is 6.97. The first-order chi connectivity index (χ1) is 19.2. The Morgan fingerprint density at radius 2 is 1.82 bits per heavy atom. The summed E-state index contributed by atoms with van der Waals surface area (Å²) in [5, 5.41) is 16.1. The molecule has 212 valence electrons. The minimum atomic E-state index is -0.419. The van der Waals surface area contributed by atoms with Crippen molar-refractivity contribution in [1.82, 2.24) is 14.8 Å². The van der Waals surface area contributed by atoms with Crippen LogP contribution < -0.4 is 15.4 Å². The van der Waals surface area contributed by atoms with Gasteiger partial charge >= 0.3 is 6.03 Å². The van der Waals surface area contributed by atoms with Crippen molar-refractivity contribution in [3.05, 3.63) is 83.1 Å². The summed E-state index contributed by atoms with van der Waals surface area (Å²) in [7, 11) is 2.04. The number of hydrogen-bond acceptors (Lipinski definition) is 6. The molecule has 1 aromatic heterocycles. The highest BCUT2D eigenvalue weighted by atomic mass is 35.5. The van der Waals surface area contributed by atoms with Crippen LogP contribution in [0, 0.1) is 5.92 Å². The minimum Gasteiger partial charge on any atom is -0.488 e. The summed E-state index contributed by atoms with van der Waals surface area (Å²) >= 11 is 5.93. The van der Waals surface area contributed by atoms with Crippen LogP contribution in [0.15, 0.2) is 67.0 Å². The molecule has 4 rings (SSSR count). The monoisotopic (exact) mass is 565 g/mol. The second kappa shape index (κ2) is 13.6. The molecule has 9 nitrogen and oxygen atoms in total. The Kier molecular flexibility index (Phi) is 9.98. The number of aliphatic hydroxyl groups excluding tert-OH is 1. The molecule has 0 unspecified atom stereocenters. The summed E-state index contributed by atoms with van der Waals surface area (Å²) in [6.07, 6.45) is 3.41. The number of aliphatic hydroxyl groups is 1. The van der Waals surface area contributed by atoms with Gasteiger partial charge in [-0.15, -0.1) is 0 Å². The van der Waals surface area contributed by atoms with Gasteiger partial charge in [0, 0.05) is 59.9 Å². The number of amides is 3. The molecule has 0 bridgehead atoms. The van der Waals surface area contributed by atoms with Crippen LogP contribution >= 0.6 is 11.6 Å². The number of nitrogens with zero attached hydrogens (tertiary/aromatic N) is 3. The van der Waals surface area contributed by atoms with Gasteiger partial charge in [0.05, 0.1) is 19.1 Å². The maximum absolute atomic E-state index is 13.4. The summed E-state index contributed by atoms with van der Waals surface area (Å²) in [6.45, 7) is 5.58. The molecule has 1 aliphatic rings. The molecule has 0 radical (unpaired) electrons. The van der Waals surface area contributed by atoms with E-state index in [0.717, 1.165) is 12.1 Å². The average molecular weight is 566 g/mol. The number of fused-ring (bicyclic) bond motifs is 1. The number of benzene rings is 2. The number of carbonyl (C=O) groups excluding carboxylic acids is 2. The Balaban J connectivity index is 1.55. The number of ether oxygens (including phenoxy) is 1. The molecule has 0 saturated heterocycles. The second-order valence-electron chi connectivity index (χ2n) is 10.3. The SMILES string of the molecule is C[C@@H]1CN([C@@H](C)CO)C(=O)Cc2cc(NC(=O)Nc3ccc(Cl)cc3)ccc2O[C@H]1CN(C)Cc1ccncc1. The Bertz CT molecular complexity index is 1290. The van der Waals surface area contributed by atoms with Gasteiger partial charge in [-0.25, -0.2) is 4.79 Å². The van der Waals surface area contributed by atoms with E-state index in [1.807, 2.05) is 26.1 Å². The van der Waals surface area contributed by atoms with Gasteiger partial charge in [-0.05, 0) is 74.1 Å². The number of hydrogen-bond donors (Lipinski definition) is 3. The van der Waals surface area contributed by atoms with Crippen molar-refractivity contribution >= 4 is 34.9 Å². The van der Waals surface area contributed by atoms with Crippen molar-refractivity contribution in [1.29, 1.82) is 0 Å². The van der Waals surface area contributed by atoms with Crippen molar-refractivity contribution in [3.63, 3.8) is 0 Å². The summed E-state index contributed by atoms with van der Waals surface area (Å²) < 4.78 is 6.58. The van der Waals surface area contributed by atoms with Crippen LogP contribution in [0.4, 0.5) is 16.2 Å². The zero-order valence-electron chi connectivity index (χ0n) is 23.0. The molecule has 3 atom stereocenters. The molecule has 0 fully saturated rings. The Hall–Kier alpha value is -3.66. The number of halogens is 1. The molecule has 0 saturated carbocycles. The second-order valence-corrected chi connectivity index (χ2v) is 10.8. The van der Waals surface area contributed by atoms with E-state index in [4.69, 9.17) is 16.3 Å². The third kappa shape index (κ3) is 7.94. The number of urea groups is 1. The minimum absolute atomic E-state index is 0.00764. The topological polar surface area (TPSA) is 107 Å². The van der Waals surface area contributed by atoms with E-state index in [0.29, 0.717) is 40.8 Å². The standard InChI is InChI=1S/C30H36ClN5O4/c1-20-16-36(21(2)19-37)29(38)15-23-14-26(34-30(39)33-25-6-4-24(31)5-7-25)8-9-27(23)40-28(20)18-35(3)17-22-10-12-32-13-11-22/h4-14,20-21,28,37H,15-19H2,1-3H3,(H2,33,34,39)/t20-,21+,28+/m1/s1. The fraction of sp³-hybridized carbons (Fsp3) is 0.367. The zero-order chi connectivity index (χ0) is 28.6. The van der Waals surface area contributed by atoms with Gasteiger partial charge < -0.3 is 25.4 Å². The summed E-state index contributed by atoms with van der Waals surface area (Å²) in [4.78, 5) is 34.1. The van der Waals surface area contributed by atoms with Crippen molar-refractivity contribution in [2.24, 2.45) is 5.92 Å². The summed E-state index contributed by atoms with van der Waals surface area (Å²) in [5.74, 6) is 0.489. The number of aromatic nitrogens is 1. The van der Waals surface area contributed by atoms with Crippen LogP contribution in [0.1, 0.15) is 25.0 Å². The number of nitrogens with one attached hydrogen (secondary N) is 2. The molecule has 3 N–H and O–H groups in total. The lowest BCUT2D eigenvalue weighted by Crippen LogP contribution is -2.47. The van der Waals surface area contributed by atoms with E-state index in [1.54, 1.807) is 59.8 Å². The van der Waals surface area contributed by atoms with Crippen LogP contribution in [0.3, 0.4) is 0 Å². The van der Waals surface area contributed by atoms with Gasteiger partial charge in [0.15, 0.2) is 0 Å². The number of anilines is 2. The first kappa shape index (κ1) is 29.3. The number of likely N-dealkylation sites (N-methyl/N-ethyl adjacent to an activating group) is 1. The fourth-order valence-corrected chi connectivity index (χ4v) is 4.85. The predicted molar refractivity (Wildman–Crippen MR) is 157 cm³/mol. The van der Waals surface area contributed by atoms with Crippen LogP contribution in [-0.4, -0.2) is 70.7 Å². The fourth-order valence-electron chi connectivity index (χ4n) is 4.72. The maximum atomic E-state index is 13.4. The van der Waals surface area contributed by atoms with E-state index >= 15 is 0 Å². The van der Waals surface area contributed by atoms with Crippen LogP contribution in [-0.2, 0) is 17.8 Å². The number of rotatable bonds is 8. The highest BCUT2D eigenvalue weighted by Crippen LogP contribution is 2.29. The smallest absolute Gasteiger partial charge is 0.323 e. The number of pyridine rings is 1. The van der Waals surface area contributed by atoms with Crippen molar-refractivity contribution < 1.29 is 19.4 Å². The lowest BCUT2D eigenvalue weighted by Gasteiger charge is -2.34. The first-order valence-electron chi connectivity index (χ1n) is 13.3. The molecule has 1 aliphatic heterocycles. The molecular weight excluding hydrogens is 530 g/mol. The first-order valence-corrected chi connectivity index (χ1v) is 13.7. The molecule has 2 aromatic carbocycles. The summed E-state index contributed by atoms with van der Waals surface area (Å²) in [5.41, 5.74) is 2.94. The van der Waals surface area contributed by atoms with Crippen molar-refractivity contribution in [2.45, 2.75) is 39.0 Å². The normalized spacial score (nSPS) is 18.1.